The lowest BCUT2D eigenvalue weighted by molar-refractivity contribution is 0.187. The molecule has 1 aromatic heterocycles. The average molecular weight is 384 g/mol. The number of anilines is 3. The van der Waals surface area contributed by atoms with Gasteiger partial charge in [-0.05, 0) is 54.1 Å². The highest BCUT2D eigenvalue weighted by atomic mass is 35.5. The van der Waals surface area contributed by atoms with Crippen LogP contribution in [0, 0.1) is 0 Å². The van der Waals surface area contributed by atoms with Gasteiger partial charge < -0.3 is 14.8 Å². The SMILES string of the molecule is COC(=O)Nc1ccc(Nc2ccc(OCc3ccc(Cl)cc3)cc2)cn1. The summed E-state index contributed by atoms with van der Waals surface area (Å²) in [5.41, 5.74) is 2.73. The van der Waals surface area contributed by atoms with Gasteiger partial charge in [0.1, 0.15) is 18.2 Å². The third-order valence-corrected chi connectivity index (χ3v) is 3.89. The first-order valence-corrected chi connectivity index (χ1v) is 8.55. The van der Waals surface area contributed by atoms with Gasteiger partial charge in [-0.15, -0.1) is 0 Å². The number of hydrogen-bond acceptors (Lipinski definition) is 5. The Balaban J connectivity index is 1.54. The second kappa shape index (κ2) is 8.91. The van der Waals surface area contributed by atoms with Crippen molar-refractivity contribution in [2.75, 3.05) is 17.7 Å². The highest BCUT2D eigenvalue weighted by molar-refractivity contribution is 6.30. The zero-order valence-electron chi connectivity index (χ0n) is 14.6. The summed E-state index contributed by atoms with van der Waals surface area (Å²) >= 11 is 5.87. The van der Waals surface area contributed by atoms with Crippen LogP contribution in [-0.4, -0.2) is 18.2 Å². The molecular weight excluding hydrogens is 366 g/mol. The number of benzene rings is 2. The van der Waals surface area contributed by atoms with E-state index in [9.17, 15) is 4.79 Å². The van der Waals surface area contributed by atoms with Crippen molar-refractivity contribution in [2.45, 2.75) is 6.61 Å². The minimum absolute atomic E-state index is 0.415. The number of rotatable bonds is 6. The fourth-order valence-corrected chi connectivity index (χ4v) is 2.37. The maximum absolute atomic E-state index is 11.1. The predicted octanol–water partition coefficient (Wildman–Crippen LogP) is 5.24. The van der Waals surface area contributed by atoms with Crippen LogP contribution in [0.2, 0.25) is 5.02 Å². The Bertz CT molecular complexity index is 882. The first-order valence-electron chi connectivity index (χ1n) is 8.18. The van der Waals surface area contributed by atoms with Crippen molar-refractivity contribution < 1.29 is 14.3 Å². The second-order valence-corrected chi connectivity index (χ2v) is 6.05. The van der Waals surface area contributed by atoms with E-state index in [-0.39, 0.29) is 0 Å². The molecule has 138 valence electrons. The Labute approximate surface area is 162 Å². The van der Waals surface area contributed by atoms with Crippen LogP contribution < -0.4 is 15.4 Å². The number of ether oxygens (including phenoxy) is 2. The van der Waals surface area contributed by atoms with Gasteiger partial charge in [-0.1, -0.05) is 23.7 Å². The molecule has 1 amide bonds. The molecule has 3 aromatic rings. The van der Waals surface area contributed by atoms with Gasteiger partial charge in [-0.25, -0.2) is 9.78 Å². The molecule has 0 saturated heterocycles. The lowest BCUT2D eigenvalue weighted by Crippen LogP contribution is -2.11. The third kappa shape index (κ3) is 5.62. The van der Waals surface area contributed by atoms with Crippen molar-refractivity contribution in [1.29, 1.82) is 0 Å². The molecule has 0 saturated carbocycles. The van der Waals surface area contributed by atoms with E-state index in [0.717, 1.165) is 22.7 Å². The van der Waals surface area contributed by atoms with Crippen LogP contribution in [0.5, 0.6) is 5.75 Å². The number of halogens is 1. The standard InChI is InChI=1S/C20H18ClN3O3/c1-26-20(25)24-19-11-8-17(12-22-19)23-16-6-9-18(10-7-16)27-13-14-2-4-15(21)5-3-14/h2-12,23H,13H2,1H3,(H,22,24,25). The van der Waals surface area contributed by atoms with E-state index in [1.165, 1.54) is 7.11 Å². The topological polar surface area (TPSA) is 72.5 Å². The second-order valence-electron chi connectivity index (χ2n) is 5.61. The number of carbonyl (C=O) groups is 1. The van der Waals surface area contributed by atoms with E-state index in [2.05, 4.69) is 20.4 Å². The lowest BCUT2D eigenvalue weighted by atomic mass is 10.2. The molecule has 0 unspecified atom stereocenters. The summed E-state index contributed by atoms with van der Waals surface area (Å²) in [6.45, 7) is 0.475. The van der Waals surface area contributed by atoms with Crippen molar-refractivity contribution in [3.63, 3.8) is 0 Å². The summed E-state index contributed by atoms with van der Waals surface area (Å²) in [4.78, 5) is 15.3. The van der Waals surface area contributed by atoms with Crippen molar-refractivity contribution in [3.05, 3.63) is 77.4 Å². The third-order valence-electron chi connectivity index (χ3n) is 3.64. The maximum Gasteiger partial charge on any atom is 0.412 e. The van der Waals surface area contributed by atoms with E-state index in [1.807, 2.05) is 54.6 Å². The van der Waals surface area contributed by atoms with E-state index in [0.29, 0.717) is 17.4 Å². The van der Waals surface area contributed by atoms with Crippen LogP contribution >= 0.6 is 11.6 Å². The largest absolute Gasteiger partial charge is 0.489 e. The molecule has 3 rings (SSSR count). The summed E-state index contributed by atoms with van der Waals surface area (Å²) in [5, 5.41) is 6.43. The predicted molar refractivity (Wildman–Crippen MR) is 106 cm³/mol. The van der Waals surface area contributed by atoms with Crippen molar-refractivity contribution in [2.24, 2.45) is 0 Å². The lowest BCUT2D eigenvalue weighted by Gasteiger charge is -2.10. The molecule has 6 nitrogen and oxygen atoms in total. The van der Waals surface area contributed by atoms with Crippen molar-refractivity contribution in [3.8, 4) is 5.75 Å². The number of pyridine rings is 1. The zero-order chi connectivity index (χ0) is 19.1. The van der Waals surface area contributed by atoms with Crippen LogP contribution in [0.3, 0.4) is 0 Å². The Morgan fingerprint density at radius 2 is 1.70 bits per heavy atom. The number of carbonyl (C=O) groups excluding carboxylic acids is 1. The van der Waals surface area contributed by atoms with E-state index in [4.69, 9.17) is 16.3 Å². The van der Waals surface area contributed by atoms with Gasteiger partial charge in [-0.3, -0.25) is 5.32 Å². The van der Waals surface area contributed by atoms with Crippen LogP contribution in [0.25, 0.3) is 0 Å². The van der Waals surface area contributed by atoms with Gasteiger partial charge in [-0.2, -0.15) is 0 Å². The first-order chi connectivity index (χ1) is 13.1. The molecule has 1 heterocycles. The highest BCUT2D eigenvalue weighted by Crippen LogP contribution is 2.21. The van der Waals surface area contributed by atoms with E-state index < -0.39 is 6.09 Å². The summed E-state index contributed by atoms with van der Waals surface area (Å²) in [7, 11) is 1.30. The molecule has 0 aliphatic carbocycles. The van der Waals surface area contributed by atoms with Crippen LogP contribution in [0.4, 0.5) is 22.0 Å². The molecule has 0 spiro atoms. The van der Waals surface area contributed by atoms with Crippen LogP contribution in [0.1, 0.15) is 5.56 Å². The quantitative estimate of drug-likeness (QED) is 0.609. The molecule has 2 N–H and O–H groups in total. The molecule has 0 aliphatic heterocycles. The summed E-state index contributed by atoms with van der Waals surface area (Å²) in [6, 6.07) is 18.6. The van der Waals surface area contributed by atoms with Gasteiger partial charge >= 0.3 is 6.09 Å². The van der Waals surface area contributed by atoms with Gasteiger partial charge in [0.25, 0.3) is 0 Å². The number of methoxy groups -OCH3 is 1. The molecule has 0 aliphatic rings. The number of nitrogens with zero attached hydrogens (tertiary/aromatic N) is 1. The minimum Gasteiger partial charge on any atom is -0.489 e. The Hall–Kier alpha value is -3.25. The van der Waals surface area contributed by atoms with Crippen molar-refractivity contribution in [1.82, 2.24) is 4.98 Å². The average Bonchev–Trinajstić information content (AvgIpc) is 2.70. The van der Waals surface area contributed by atoms with Crippen LogP contribution in [-0.2, 0) is 11.3 Å². The van der Waals surface area contributed by atoms with Crippen molar-refractivity contribution >= 4 is 34.9 Å². The minimum atomic E-state index is -0.558. The maximum atomic E-state index is 11.1. The fraction of sp³-hybridized carbons (Fsp3) is 0.100. The zero-order valence-corrected chi connectivity index (χ0v) is 15.4. The normalized spacial score (nSPS) is 10.1. The highest BCUT2D eigenvalue weighted by Gasteiger charge is 2.02. The Kier molecular flexibility index (Phi) is 6.12. The molecule has 7 heteroatoms. The molecule has 27 heavy (non-hydrogen) atoms. The number of amides is 1. The molecular formula is C20H18ClN3O3. The molecule has 0 bridgehead atoms. The first kappa shape index (κ1) is 18.5. The summed E-state index contributed by atoms with van der Waals surface area (Å²) in [5.74, 6) is 1.18. The Morgan fingerprint density at radius 1 is 1.00 bits per heavy atom. The van der Waals surface area contributed by atoms with Gasteiger partial charge in [0.2, 0.25) is 0 Å². The fourth-order valence-electron chi connectivity index (χ4n) is 2.25. The number of aromatic nitrogens is 1. The monoisotopic (exact) mass is 383 g/mol. The van der Waals surface area contributed by atoms with Gasteiger partial charge in [0, 0.05) is 10.7 Å². The number of hydrogen-bond donors (Lipinski definition) is 2. The smallest absolute Gasteiger partial charge is 0.412 e. The molecule has 2 aromatic carbocycles. The molecule has 0 fully saturated rings. The number of nitrogens with one attached hydrogen (secondary N) is 2. The van der Waals surface area contributed by atoms with E-state index in [1.54, 1.807) is 12.3 Å². The van der Waals surface area contributed by atoms with Gasteiger partial charge in [0.15, 0.2) is 0 Å². The Morgan fingerprint density at radius 3 is 2.33 bits per heavy atom. The van der Waals surface area contributed by atoms with Crippen LogP contribution in [0.15, 0.2) is 66.9 Å². The van der Waals surface area contributed by atoms with E-state index >= 15 is 0 Å². The summed E-state index contributed by atoms with van der Waals surface area (Å²) in [6.07, 6.45) is 1.06. The molecule has 0 radical (unpaired) electrons. The van der Waals surface area contributed by atoms with Gasteiger partial charge in [0.05, 0.1) is 19.0 Å². The summed E-state index contributed by atoms with van der Waals surface area (Å²) < 4.78 is 10.3. The molecule has 0 atom stereocenters.